The first-order valence-electron chi connectivity index (χ1n) is 10.0. The van der Waals surface area contributed by atoms with E-state index in [9.17, 15) is 9.90 Å². The standard InChI is InChI=1S/C20H24N4O2/c25-17-12-6-9-5-11(8-12)15(14(17)7-9)23-20(26)13-3-4-21-19-16(13)22-18(24-19)10-1-2-10/h3-4,9-12,14-15,17,25H,1-2,5-8H2,(H,23,26)(H,21,22,24). The van der Waals surface area contributed by atoms with Gasteiger partial charge in [-0.1, -0.05) is 0 Å². The SMILES string of the molecule is O=C(NC1C2CC3CC(C2)C(O)C1C3)c1ccnc2nc(C3CC3)[nH]c12. The molecule has 6 unspecified atom stereocenters. The Labute approximate surface area is 151 Å². The highest BCUT2D eigenvalue weighted by atomic mass is 16.3. The van der Waals surface area contributed by atoms with Crippen LogP contribution < -0.4 is 5.32 Å². The van der Waals surface area contributed by atoms with E-state index in [1.54, 1.807) is 12.3 Å². The number of pyridine rings is 1. The Hall–Kier alpha value is -1.95. The fraction of sp³-hybridized carbons (Fsp3) is 0.650. The number of imidazole rings is 1. The Morgan fingerprint density at radius 3 is 2.88 bits per heavy atom. The first-order valence-corrected chi connectivity index (χ1v) is 10.0. The van der Waals surface area contributed by atoms with Gasteiger partial charge in [-0.25, -0.2) is 9.97 Å². The van der Waals surface area contributed by atoms with Gasteiger partial charge in [0.2, 0.25) is 0 Å². The van der Waals surface area contributed by atoms with Crippen LogP contribution in [0.1, 0.15) is 60.6 Å². The van der Waals surface area contributed by atoms with Crippen LogP contribution in [-0.4, -0.2) is 38.1 Å². The lowest BCUT2D eigenvalue weighted by molar-refractivity contribution is -0.110. The minimum Gasteiger partial charge on any atom is -0.392 e. The van der Waals surface area contributed by atoms with Crippen molar-refractivity contribution in [2.24, 2.45) is 23.7 Å². The second-order valence-electron chi connectivity index (χ2n) is 8.94. The van der Waals surface area contributed by atoms with E-state index < -0.39 is 0 Å². The molecule has 2 aromatic rings. The normalized spacial score (nSPS) is 38.0. The molecule has 7 rings (SSSR count). The van der Waals surface area contributed by atoms with Crippen LogP contribution in [0.2, 0.25) is 0 Å². The molecular formula is C20H24N4O2. The first-order chi connectivity index (χ1) is 12.7. The van der Waals surface area contributed by atoms with Crippen molar-refractivity contribution >= 4 is 17.1 Å². The molecule has 4 bridgehead atoms. The lowest BCUT2D eigenvalue weighted by atomic mass is 9.53. The van der Waals surface area contributed by atoms with Gasteiger partial charge in [0, 0.05) is 24.1 Å². The number of carbonyl (C=O) groups is 1. The van der Waals surface area contributed by atoms with E-state index in [2.05, 4.69) is 20.3 Å². The lowest BCUT2D eigenvalue weighted by Gasteiger charge is -2.56. The molecule has 1 amide bonds. The molecule has 0 saturated heterocycles. The lowest BCUT2D eigenvalue weighted by Crippen LogP contribution is -2.61. The maximum Gasteiger partial charge on any atom is 0.253 e. The largest absolute Gasteiger partial charge is 0.392 e. The number of nitrogens with zero attached hydrogens (tertiary/aromatic N) is 2. The minimum atomic E-state index is -0.251. The van der Waals surface area contributed by atoms with Crippen LogP contribution >= 0.6 is 0 Å². The molecule has 26 heavy (non-hydrogen) atoms. The van der Waals surface area contributed by atoms with Crippen molar-refractivity contribution in [3.8, 4) is 0 Å². The third kappa shape index (κ3) is 2.17. The Morgan fingerprint density at radius 2 is 2.04 bits per heavy atom. The molecule has 6 nitrogen and oxygen atoms in total. The highest BCUT2D eigenvalue weighted by Crippen LogP contribution is 2.53. The van der Waals surface area contributed by atoms with Crippen molar-refractivity contribution in [1.82, 2.24) is 20.3 Å². The summed E-state index contributed by atoms with van der Waals surface area (Å²) < 4.78 is 0. The van der Waals surface area contributed by atoms with Crippen molar-refractivity contribution in [2.45, 2.75) is 56.6 Å². The Balaban J connectivity index is 1.30. The van der Waals surface area contributed by atoms with Crippen molar-refractivity contribution in [2.75, 3.05) is 0 Å². The summed E-state index contributed by atoms with van der Waals surface area (Å²) in [5, 5.41) is 13.9. The molecular weight excluding hydrogens is 328 g/mol. The van der Waals surface area contributed by atoms with Gasteiger partial charge >= 0.3 is 0 Å². The number of fused-ring (bicyclic) bond motifs is 1. The summed E-state index contributed by atoms with van der Waals surface area (Å²) in [6.07, 6.45) is 8.23. The number of H-pyrrole nitrogens is 1. The minimum absolute atomic E-state index is 0.0620. The molecule has 5 saturated carbocycles. The Kier molecular flexibility index (Phi) is 3.08. The molecule has 0 radical (unpaired) electrons. The van der Waals surface area contributed by atoms with Crippen LogP contribution in [0.4, 0.5) is 0 Å². The summed E-state index contributed by atoms with van der Waals surface area (Å²) in [6.45, 7) is 0. The molecule has 6 heteroatoms. The van der Waals surface area contributed by atoms with Gasteiger partial charge in [-0.3, -0.25) is 4.79 Å². The number of aromatic amines is 1. The zero-order valence-corrected chi connectivity index (χ0v) is 14.7. The number of aliphatic hydroxyl groups excluding tert-OH is 1. The van der Waals surface area contributed by atoms with Crippen molar-refractivity contribution in [3.05, 3.63) is 23.7 Å². The van der Waals surface area contributed by atoms with Gasteiger partial charge in [0.1, 0.15) is 5.82 Å². The molecule has 5 aliphatic carbocycles. The maximum absolute atomic E-state index is 13.1. The molecule has 0 spiro atoms. The van der Waals surface area contributed by atoms with Crippen LogP contribution in [0.5, 0.6) is 0 Å². The summed E-state index contributed by atoms with van der Waals surface area (Å²) >= 11 is 0. The Morgan fingerprint density at radius 1 is 1.19 bits per heavy atom. The average molecular weight is 352 g/mol. The zero-order valence-electron chi connectivity index (χ0n) is 14.7. The number of aliphatic hydroxyl groups is 1. The summed E-state index contributed by atoms with van der Waals surface area (Å²) in [6, 6.07) is 1.87. The predicted molar refractivity (Wildman–Crippen MR) is 95.6 cm³/mol. The van der Waals surface area contributed by atoms with Crippen molar-refractivity contribution in [3.63, 3.8) is 0 Å². The fourth-order valence-electron chi connectivity index (χ4n) is 6.00. The molecule has 0 aromatic carbocycles. The van der Waals surface area contributed by atoms with E-state index >= 15 is 0 Å². The number of rotatable bonds is 3. The highest BCUT2D eigenvalue weighted by Gasteiger charge is 2.53. The van der Waals surface area contributed by atoms with E-state index in [4.69, 9.17) is 0 Å². The average Bonchev–Trinajstić information content (AvgIpc) is 3.40. The number of carbonyl (C=O) groups excluding carboxylic acids is 1. The van der Waals surface area contributed by atoms with Gasteiger partial charge in [0.25, 0.3) is 5.91 Å². The third-order valence-corrected chi connectivity index (χ3v) is 7.29. The van der Waals surface area contributed by atoms with Gasteiger partial charge in [0.15, 0.2) is 5.65 Å². The van der Waals surface area contributed by atoms with E-state index in [1.807, 2.05) is 0 Å². The molecule has 3 N–H and O–H groups in total. The summed E-state index contributed by atoms with van der Waals surface area (Å²) in [5.41, 5.74) is 2.00. The monoisotopic (exact) mass is 352 g/mol. The van der Waals surface area contributed by atoms with E-state index in [0.717, 1.165) is 42.9 Å². The summed E-state index contributed by atoms with van der Waals surface area (Å²) in [4.78, 5) is 25.3. The number of amides is 1. The smallest absolute Gasteiger partial charge is 0.253 e. The quantitative estimate of drug-likeness (QED) is 0.791. The van der Waals surface area contributed by atoms with Gasteiger partial charge in [-0.05, 0) is 62.3 Å². The van der Waals surface area contributed by atoms with Gasteiger partial charge in [-0.2, -0.15) is 0 Å². The molecule has 2 heterocycles. The number of aromatic nitrogens is 3. The number of hydrogen-bond acceptors (Lipinski definition) is 4. The van der Waals surface area contributed by atoms with Gasteiger partial charge in [0.05, 0.1) is 17.2 Å². The van der Waals surface area contributed by atoms with Gasteiger partial charge < -0.3 is 15.4 Å². The number of nitrogens with one attached hydrogen (secondary N) is 2. The zero-order chi connectivity index (χ0) is 17.4. The first kappa shape index (κ1) is 15.1. The third-order valence-electron chi connectivity index (χ3n) is 7.29. The predicted octanol–water partition coefficient (Wildman–Crippen LogP) is 2.36. The molecule has 0 aliphatic heterocycles. The highest BCUT2D eigenvalue weighted by molar-refractivity contribution is 6.04. The van der Waals surface area contributed by atoms with E-state index in [-0.39, 0.29) is 24.0 Å². The molecule has 5 aliphatic rings. The summed E-state index contributed by atoms with van der Waals surface area (Å²) in [7, 11) is 0. The topological polar surface area (TPSA) is 90.9 Å². The fourth-order valence-corrected chi connectivity index (χ4v) is 6.00. The van der Waals surface area contributed by atoms with Crippen LogP contribution in [0.3, 0.4) is 0 Å². The summed E-state index contributed by atoms with van der Waals surface area (Å²) in [5.74, 6) is 3.33. The van der Waals surface area contributed by atoms with E-state index in [0.29, 0.717) is 29.0 Å². The molecule has 2 aromatic heterocycles. The van der Waals surface area contributed by atoms with Crippen molar-refractivity contribution in [1.29, 1.82) is 0 Å². The number of hydrogen-bond donors (Lipinski definition) is 3. The molecule has 136 valence electrons. The Bertz CT molecular complexity index is 889. The van der Waals surface area contributed by atoms with Gasteiger partial charge in [-0.15, -0.1) is 0 Å². The second-order valence-corrected chi connectivity index (χ2v) is 8.94. The van der Waals surface area contributed by atoms with Crippen LogP contribution in [0.25, 0.3) is 11.2 Å². The van der Waals surface area contributed by atoms with Crippen LogP contribution in [0, 0.1) is 23.7 Å². The maximum atomic E-state index is 13.1. The molecule has 5 fully saturated rings. The van der Waals surface area contributed by atoms with Crippen LogP contribution in [-0.2, 0) is 0 Å². The molecule has 6 atom stereocenters. The second kappa shape index (κ2) is 5.28. The van der Waals surface area contributed by atoms with Crippen molar-refractivity contribution < 1.29 is 9.90 Å². The van der Waals surface area contributed by atoms with E-state index in [1.165, 1.54) is 12.8 Å². The van der Waals surface area contributed by atoms with Crippen LogP contribution in [0.15, 0.2) is 12.3 Å².